The molecule has 1 aromatic carbocycles. The van der Waals surface area contributed by atoms with Crippen molar-refractivity contribution in [2.24, 2.45) is 4.99 Å². The van der Waals surface area contributed by atoms with E-state index < -0.39 is 0 Å². The first-order valence-electron chi connectivity index (χ1n) is 8.92. The summed E-state index contributed by atoms with van der Waals surface area (Å²) in [6.07, 6.45) is 9.24. The van der Waals surface area contributed by atoms with Gasteiger partial charge in [-0.15, -0.1) is 0 Å². The molecule has 1 aliphatic carbocycles. The largest absolute Gasteiger partial charge is 0.378 e. The van der Waals surface area contributed by atoms with Crippen LogP contribution in [-0.4, -0.2) is 43.2 Å². The highest BCUT2D eigenvalue weighted by molar-refractivity contribution is 6.06. The molecule has 1 fully saturated rings. The van der Waals surface area contributed by atoms with Gasteiger partial charge >= 0.3 is 0 Å². The maximum atomic E-state index is 5.50. The molecule has 0 radical (unpaired) electrons. The first-order chi connectivity index (χ1) is 11.7. The van der Waals surface area contributed by atoms with Crippen molar-refractivity contribution >= 4 is 17.1 Å². The Morgan fingerprint density at radius 1 is 1.17 bits per heavy atom. The highest BCUT2D eigenvalue weighted by atomic mass is 16.5. The van der Waals surface area contributed by atoms with Gasteiger partial charge in [0, 0.05) is 18.7 Å². The smallest absolute Gasteiger partial charge is 0.135 e. The third-order valence-corrected chi connectivity index (χ3v) is 4.99. The summed E-state index contributed by atoms with van der Waals surface area (Å²) in [6.45, 7) is 7.74. The molecule has 0 spiro atoms. The fraction of sp³-hybridized carbons (Fsp3) is 0.450. The Kier molecular flexibility index (Phi) is 4.15. The van der Waals surface area contributed by atoms with Gasteiger partial charge in [-0.05, 0) is 49.5 Å². The third-order valence-electron chi connectivity index (χ3n) is 4.99. The maximum absolute atomic E-state index is 5.50. The second-order valence-corrected chi connectivity index (χ2v) is 6.67. The molecular weight excluding hydrogens is 298 g/mol. The van der Waals surface area contributed by atoms with Crippen molar-refractivity contribution in [1.29, 1.82) is 0 Å². The second kappa shape index (κ2) is 6.44. The number of allylic oxidation sites excluding steroid dienone is 4. The first kappa shape index (κ1) is 15.5. The minimum atomic E-state index is 0.0974. The Morgan fingerprint density at radius 2 is 1.96 bits per heavy atom. The Morgan fingerprint density at radius 3 is 2.71 bits per heavy atom. The quantitative estimate of drug-likeness (QED) is 0.858. The van der Waals surface area contributed by atoms with Gasteiger partial charge in [0.05, 0.1) is 18.9 Å². The Bertz CT molecular complexity index is 727. The molecule has 24 heavy (non-hydrogen) atoms. The standard InChI is InChI=1S/C20H25N3O/c1-14-17(16-6-4-3-5-7-16)8-9-18-19(14)21-15(2)22-20(18)23-10-12-24-13-11-23/h4,6-9,15,21H,3,5,10-13H2,1-2H3. The number of aliphatic imine (C=N–C) groups is 1. The zero-order chi connectivity index (χ0) is 16.5. The second-order valence-electron chi connectivity index (χ2n) is 6.67. The number of morpholine rings is 1. The molecule has 0 bridgehead atoms. The van der Waals surface area contributed by atoms with Gasteiger partial charge in [0.1, 0.15) is 12.0 Å². The SMILES string of the molecule is Cc1c(C2=CCCC=C2)ccc2c1NC(C)N=C2N1CCOCC1. The predicted octanol–water partition coefficient (Wildman–Crippen LogP) is 3.58. The molecule has 1 atom stereocenters. The molecule has 4 heteroatoms. The van der Waals surface area contributed by atoms with Gasteiger partial charge in [0.25, 0.3) is 0 Å². The highest BCUT2D eigenvalue weighted by Gasteiger charge is 2.26. The summed E-state index contributed by atoms with van der Waals surface area (Å²) in [5.41, 5.74) is 6.44. The van der Waals surface area contributed by atoms with Gasteiger partial charge in [-0.25, -0.2) is 4.99 Å². The summed E-state index contributed by atoms with van der Waals surface area (Å²) in [6, 6.07) is 4.48. The van der Waals surface area contributed by atoms with E-state index >= 15 is 0 Å². The van der Waals surface area contributed by atoms with Crippen LogP contribution < -0.4 is 5.32 Å². The maximum Gasteiger partial charge on any atom is 0.135 e. The Balaban J connectivity index is 1.75. The van der Waals surface area contributed by atoms with Crippen LogP contribution in [-0.2, 0) is 4.74 Å². The highest BCUT2D eigenvalue weighted by Crippen LogP contribution is 2.34. The van der Waals surface area contributed by atoms with Crippen molar-refractivity contribution in [2.45, 2.75) is 32.9 Å². The lowest BCUT2D eigenvalue weighted by atomic mass is 9.92. The van der Waals surface area contributed by atoms with Crippen molar-refractivity contribution < 1.29 is 4.74 Å². The molecule has 2 aliphatic heterocycles. The molecule has 1 aromatic rings. The Labute approximate surface area is 143 Å². The summed E-state index contributed by atoms with van der Waals surface area (Å²) in [5.74, 6) is 1.11. The zero-order valence-electron chi connectivity index (χ0n) is 14.5. The van der Waals surface area contributed by atoms with E-state index in [1.54, 1.807) is 0 Å². The van der Waals surface area contributed by atoms with Crippen molar-refractivity contribution in [1.82, 2.24) is 4.90 Å². The number of hydrogen-bond donors (Lipinski definition) is 1. The van der Waals surface area contributed by atoms with Crippen molar-refractivity contribution in [3.05, 3.63) is 47.1 Å². The van der Waals surface area contributed by atoms with E-state index in [2.05, 4.69) is 54.4 Å². The van der Waals surface area contributed by atoms with Crippen LogP contribution >= 0.6 is 0 Å². The summed E-state index contributed by atoms with van der Waals surface area (Å²) in [7, 11) is 0. The predicted molar refractivity (Wildman–Crippen MR) is 99.5 cm³/mol. The molecule has 126 valence electrons. The molecule has 0 saturated carbocycles. The van der Waals surface area contributed by atoms with Crippen LogP contribution in [0, 0.1) is 6.92 Å². The number of nitrogens with one attached hydrogen (secondary N) is 1. The van der Waals surface area contributed by atoms with E-state index in [1.807, 2.05) is 0 Å². The zero-order valence-corrected chi connectivity index (χ0v) is 14.5. The normalized spacial score (nSPS) is 23.2. The van der Waals surface area contributed by atoms with Crippen LogP contribution in [0.5, 0.6) is 0 Å². The average molecular weight is 323 g/mol. The molecule has 4 rings (SSSR count). The van der Waals surface area contributed by atoms with Gasteiger partial charge in [-0.1, -0.05) is 24.3 Å². The number of ether oxygens (including phenoxy) is 1. The fourth-order valence-electron chi connectivity index (χ4n) is 3.73. The van der Waals surface area contributed by atoms with Crippen LogP contribution in [0.1, 0.15) is 36.5 Å². The van der Waals surface area contributed by atoms with E-state index in [0.717, 1.165) is 45.0 Å². The number of rotatable bonds is 1. The molecule has 1 N–H and O–H groups in total. The lowest BCUT2D eigenvalue weighted by Gasteiger charge is -2.35. The number of amidine groups is 1. The van der Waals surface area contributed by atoms with Crippen molar-refractivity contribution in [3.63, 3.8) is 0 Å². The summed E-state index contributed by atoms with van der Waals surface area (Å²) >= 11 is 0. The van der Waals surface area contributed by atoms with E-state index in [9.17, 15) is 0 Å². The van der Waals surface area contributed by atoms with Gasteiger partial charge in [-0.3, -0.25) is 0 Å². The molecule has 1 saturated heterocycles. The Hall–Kier alpha value is -2.07. The molecule has 4 nitrogen and oxygen atoms in total. The van der Waals surface area contributed by atoms with Gasteiger partial charge < -0.3 is 15.0 Å². The van der Waals surface area contributed by atoms with E-state index in [1.165, 1.54) is 28.0 Å². The van der Waals surface area contributed by atoms with Crippen molar-refractivity contribution in [2.75, 3.05) is 31.6 Å². The lowest BCUT2D eigenvalue weighted by molar-refractivity contribution is 0.0680. The molecule has 1 unspecified atom stereocenters. The first-order valence-corrected chi connectivity index (χ1v) is 8.92. The number of anilines is 1. The van der Waals surface area contributed by atoms with Gasteiger partial charge in [0.15, 0.2) is 0 Å². The number of hydrogen-bond acceptors (Lipinski definition) is 4. The number of benzene rings is 1. The molecule has 0 aromatic heterocycles. The summed E-state index contributed by atoms with van der Waals surface area (Å²) < 4.78 is 5.50. The minimum absolute atomic E-state index is 0.0974. The lowest BCUT2D eigenvalue weighted by Crippen LogP contribution is -2.43. The summed E-state index contributed by atoms with van der Waals surface area (Å²) in [4.78, 5) is 7.24. The van der Waals surface area contributed by atoms with Crippen LogP contribution in [0.2, 0.25) is 0 Å². The molecule has 3 aliphatic rings. The number of nitrogens with zero attached hydrogens (tertiary/aromatic N) is 2. The van der Waals surface area contributed by atoms with E-state index in [-0.39, 0.29) is 6.17 Å². The van der Waals surface area contributed by atoms with Crippen LogP contribution in [0.25, 0.3) is 5.57 Å². The topological polar surface area (TPSA) is 36.9 Å². The monoisotopic (exact) mass is 323 g/mol. The molecule has 0 amide bonds. The third kappa shape index (κ3) is 2.75. The molecular formula is C20H25N3O. The summed E-state index contributed by atoms with van der Waals surface area (Å²) in [5, 5.41) is 3.58. The van der Waals surface area contributed by atoms with E-state index in [0.29, 0.717) is 0 Å². The van der Waals surface area contributed by atoms with Crippen LogP contribution in [0.15, 0.2) is 35.4 Å². The van der Waals surface area contributed by atoms with Crippen LogP contribution in [0.3, 0.4) is 0 Å². The number of fused-ring (bicyclic) bond motifs is 1. The van der Waals surface area contributed by atoms with E-state index in [4.69, 9.17) is 9.73 Å². The minimum Gasteiger partial charge on any atom is -0.378 e. The van der Waals surface area contributed by atoms with Crippen LogP contribution in [0.4, 0.5) is 5.69 Å². The molecule has 2 heterocycles. The fourth-order valence-corrected chi connectivity index (χ4v) is 3.73. The van der Waals surface area contributed by atoms with Gasteiger partial charge in [0.2, 0.25) is 0 Å². The average Bonchev–Trinajstić information content (AvgIpc) is 2.63. The van der Waals surface area contributed by atoms with Gasteiger partial charge in [-0.2, -0.15) is 0 Å². The van der Waals surface area contributed by atoms with Crippen molar-refractivity contribution in [3.8, 4) is 0 Å².